The van der Waals surface area contributed by atoms with Crippen molar-refractivity contribution in [3.8, 4) is 17.0 Å². The first-order chi connectivity index (χ1) is 7.33. The normalized spacial score (nSPS) is 10.0. The van der Waals surface area contributed by atoms with E-state index in [1.807, 2.05) is 24.3 Å². The van der Waals surface area contributed by atoms with E-state index < -0.39 is 0 Å². The van der Waals surface area contributed by atoms with Crippen LogP contribution in [0.5, 0.6) is 5.88 Å². The van der Waals surface area contributed by atoms with Crippen molar-refractivity contribution in [1.29, 1.82) is 0 Å². The van der Waals surface area contributed by atoms with Crippen molar-refractivity contribution in [2.24, 2.45) is 0 Å². The highest BCUT2D eigenvalue weighted by molar-refractivity contribution is 5.71. The fourth-order valence-electron chi connectivity index (χ4n) is 1.63. The molecular formula is C13H13NO. The van der Waals surface area contributed by atoms with Crippen molar-refractivity contribution in [1.82, 2.24) is 4.98 Å². The van der Waals surface area contributed by atoms with E-state index in [0.717, 1.165) is 5.56 Å². The van der Waals surface area contributed by atoms with Crippen LogP contribution in [0.3, 0.4) is 0 Å². The van der Waals surface area contributed by atoms with Gasteiger partial charge in [0.2, 0.25) is 5.88 Å². The molecule has 0 aliphatic heterocycles. The van der Waals surface area contributed by atoms with Crippen LogP contribution in [-0.4, -0.2) is 12.1 Å². The summed E-state index contributed by atoms with van der Waals surface area (Å²) in [5.74, 6) is 0.673. The van der Waals surface area contributed by atoms with Gasteiger partial charge in [0.15, 0.2) is 0 Å². The van der Waals surface area contributed by atoms with E-state index in [0.29, 0.717) is 5.88 Å². The topological polar surface area (TPSA) is 22.1 Å². The van der Waals surface area contributed by atoms with Gasteiger partial charge in [0.1, 0.15) is 0 Å². The van der Waals surface area contributed by atoms with Crippen LogP contribution in [0.25, 0.3) is 11.1 Å². The maximum absolute atomic E-state index is 5.24. The van der Waals surface area contributed by atoms with Crippen molar-refractivity contribution in [2.75, 3.05) is 7.11 Å². The Morgan fingerprint density at radius 3 is 2.47 bits per heavy atom. The zero-order valence-electron chi connectivity index (χ0n) is 8.90. The lowest BCUT2D eigenvalue weighted by atomic mass is 10.0. The monoisotopic (exact) mass is 199 g/mol. The molecule has 0 bridgehead atoms. The third-order valence-electron chi connectivity index (χ3n) is 2.40. The van der Waals surface area contributed by atoms with Crippen LogP contribution in [-0.2, 0) is 0 Å². The van der Waals surface area contributed by atoms with Gasteiger partial charge >= 0.3 is 0 Å². The fourth-order valence-corrected chi connectivity index (χ4v) is 1.63. The Bertz CT molecular complexity index is 466. The SMILES string of the molecule is COc1ncccc1-c1ccccc1C. The lowest BCUT2D eigenvalue weighted by molar-refractivity contribution is 0.399. The number of benzene rings is 1. The highest BCUT2D eigenvalue weighted by Gasteiger charge is 2.07. The summed E-state index contributed by atoms with van der Waals surface area (Å²) in [7, 11) is 1.64. The van der Waals surface area contributed by atoms with E-state index >= 15 is 0 Å². The fraction of sp³-hybridized carbons (Fsp3) is 0.154. The Hall–Kier alpha value is -1.83. The molecule has 0 unspecified atom stereocenters. The standard InChI is InChI=1S/C13H13NO/c1-10-6-3-4-7-11(10)12-8-5-9-14-13(12)15-2/h3-9H,1-2H3. The Balaban J connectivity index is 2.59. The molecule has 0 fully saturated rings. The molecule has 15 heavy (non-hydrogen) atoms. The minimum Gasteiger partial charge on any atom is -0.481 e. The van der Waals surface area contributed by atoms with Gasteiger partial charge in [-0.3, -0.25) is 0 Å². The molecule has 2 nitrogen and oxygen atoms in total. The number of hydrogen-bond acceptors (Lipinski definition) is 2. The predicted octanol–water partition coefficient (Wildman–Crippen LogP) is 3.07. The van der Waals surface area contributed by atoms with Gasteiger partial charge in [-0.25, -0.2) is 4.98 Å². The van der Waals surface area contributed by atoms with E-state index in [2.05, 4.69) is 24.0 Å². The number of aryl methyl sites for hydroxylation is 1. The smallest absolute Gasteiger partial charge is 0.221 e. The second-order valence-electron chi connectivity index (χ2n) is 3.38. The first-order valence-corrected chi connectivity index (χ1v) is 4.88. The molecule has 0 spiro atoms. The van der Waals surface area contributed by atoms with Crippen LogP contribution in [0.4, 0.5) is 0 Å². The van der Waals surface area contributed by atoms with Crippen molar-refractivity contribution in [3.05, 3.63) is 48.2 Å². The van der Waals surface area contributed by atoms with E-state index in [9.17, 15) is 0 Å². The Morgan fingerprint density at radius 1 is 1.00 bits per heavy atom. The molecule has 0 radical (unpaired) electrons. The Labute approximate surface area is 89.6 Å². The number of hydrogen-bond donors (Lipinski definition) is 0. The second-order valence-corrected chi connectivity index (χ2v) is 3.38. The highest BCUT2D eigenvalue weighted by atomic mass is 16.5. The summed E-state index contributed by atoms with van der Waals surface area (Å²) in [6.45, 7) is 2.09. The van der Waals surface area contributed by atoms with Crippen molar-refractivity contribution < 1.29 is 4.74 Å². The molecule has 0 aliphatic carbocycles. The molecule has 2 heteroatoms. The zero-order valence-corrected chi connectivity index (χ0v) is 8.90. The van der Waals surface area contributed by atoms with Gasteiger partial charge in [0.05, 0.1) is 7.11 Å². The second kappa shape index (κ2) is 4.13. The van der Waals surface area contributed by atoms with Crippen LogP contribution in [0.1, 0.15) is 5.56 Å². The van der Waals surface area contributed by atoms with Gasteiger partial charge < -0.3 is 4.74 Å². The maximum atomic E-state index is 5.24. The number of ether oxygens (including phenoxy) is 1. The third-order valence-corrected chi connectivity index (χ3v) is 2.40. The summed E-state index contributed by atoms with van der Waals surface area (Å²) in [6, 6.07) is 12.2. The number of rotatable bonds is 2. The van der Waals surface area contributed by atoms with Crippen molar-refractivity contribution in [3.63, 3.8) is 0 Å². The average molecular weight is 199 g/mol. The minimum absolute atomic E-state index is 0.673. The molecule has 0 saturated heterocycles. The van der Waals surface area contributed by atoms with Crippen molar-refractivity contribution >= 4 is 0 Å². The largest absolute Gasteiger partial charge is 0.481 e. The molecule has 2 aromatic rings. The lowest BCUT2D eigenvalue weighted by Crippen LogP contribution is -1.91. The van der Waals surface area contributed by atoms with Gasteiger partial charge in [-0.1, -0.05) is 24.3 Å². The van der Waals surface area contributed by atoms with Crippen LogP contribution in [0.15, 0.2) is 42.6 Å². The number of nitrogens with zero attached hydrogens (tertiary/aromatic N) is 1. The molecule has 0 N–H and O–H groups in total. The van der Waals surface area contributed by atoms with Gasteiger partial charge in [-0.05, 0) is 30.2 Å². The molecule has 0 atom stereocenters. The van der Waals surface area contributed by atoms with Gasteiger partial charge in [0.25, 0.3) is 0 Å². The number of pyridine rings is 1. The maximum Gasteiger partial charge on any atom is 0.221 e. The Kier molecular flexibility index (Phi) is 2.68. The molecule has 0 aliphatic rings. The summed E-state index contributed by atoms with van der Waals surface area (Å²) in [6.07, 6.45) is 1.74. The quantitative estimate of drug-likeness (QED) is 0.741. The first kappa shape index (κ1) is 9.71. The molecule has 1 aromatic heterocycles. The van der Waals surface area contributed by atoms with Gasteiger partial charge in [-0.2, -0.15) is 0 Å². The van der Waals surface area contributed by atoms with Gasteiger partial charge in [-0.15, -0.1) is 0 Å². The van der Waals surface area contributed by atoms with Gasteiger partial charge in [0, 0.05) is 11.8 Å². The molecule has 76 valence electrons. The average Bonchev–Trinajstić information content (AvgIpc) is 2.30. The number of methoxy groups -OCH3 is 1. The van der Waals surface area contributed by atoms with E-state index in [1.54, 1.807) is 13.3 Å². The van der Waals surface area contributed by atoms with Crippen molar-refractivity contribution in [2.45, 2.75) is 6.92 Å². The lowest BCUT2D eigenvalue weighted by Gasteiger charge is -2.09. The van der Waals surface area contributed by atoms with Crippen LogP contribution < -0.4 is 4.74 Å². The van der Waals surface area contributed by atoms with E-state index in [-0.39, 0.29) is 0 Å². The van der Waals surface area contributed by atoms with Crippen LogP contribution >= 0.6 is 0 Å². The molecule has 1 heterocycles. The summed E-state index contributed by atoms with van der Waals surface area (Å²) < 4.78 is 5.24. The summed E-state index contributed by atoms with van der Waals surface area (Å²) in [5.41, 5.74) is 3.43. The minimum atomic E-state index is 0.673. The summed E-state index contributed by atoms with van der Waals surface area (Å²) >= 11 is 0. The van der Waals surface area contributed by atoms with Crippen LogP contribution in [0, 0.1) is 6.92 Å². The molecule has 0 saturated carbocycles. The molecular weight excluding hydrogens is 186 g/mol. The molecule has 2 rings (SSSR count). The van der Waals surface area contributed by atoms with Crippen LogP contribution in [0.2, 0.25) is 0 Å². The Morgan fingerprint density at radius 2 is 1.73 bits per heavy atom. The number of aromatic nitrogens is 1. The predicted molar refractivity (Wildman–Crippen MR) is 61.0 cm³/mol. The summed E-state index contributed by atoms with van der Waals surface area (Å²) in [4.78, 5) is 4.19. The van der Waals surface area contributed by atoms with E-state index in [4.69, 9.17) is 4.74 Å². The third kappa shape index (κ3) is 1.84. The molecule has 1 aromatic carbocycles. The summed E-state index contributed by atoms with van der Waals surface area (Å²) in [5, 5.41) is 0. The van der Waals surface area contributed by atoms with E-state index in [1.165, 1.54) is 11.1 Å². The molecule has 0 amide bonds. The first-order valence-electron chi connectivity index (χ1n) is 4.88. The highest BCUT2D eigenvalue weighted by Crippen LogP contribution is 2.29. The zero-order chi connectivity index (χ0) is 10.7.